The van der Waals surface area contributed by atoms with Crippen molar-refractivity contribution < 1.29 is 14.3 Å². The van der Waals surface area contributed by atoms with Gasteiger partial charge in [-0.05, 0) is 30.4 Å². The van der Waals surface area contributed by atoms with E-state index in [4.69, 9.17) is 4.42 Å². The molecular formula is C13H21NO3S. The molecule has 0 aliphatic heterocycles. The maximum Gasteiger partial charge on any atom is 0.287 e. The summed E-state index contributed by atoms with van der Waals surface area (Å²) in [5.74, 6) is 1.25. The Balaban J connectivity index is 2.66. The van der Waals surface area contributed by atoms with Gasteiger partial charge in [0.05, 0.1) is 18.9 Å². The fraction of sp³-hybridized carbons (Fsp3) is 0.615. The van der Waals surface area contributed by atoms with Gasteiger partial charge in [-0.2, -0.15) is 11.8 Å². The van der Waals surface area contributed by atoms with Crippen LogP contribution in [0, 0.1) is 0 Å². The fourth-order valence-corrected chi connectivity index (χ4v) is 2.20. The second kappa shape index (κ2) is 7.48. The first-order valence-electron chi connectivity index (χ1n) is 6.08. The Bertz CT molecular complexity index is 376. The van der Waals surface area contributed by atoms with Crippen molar-refractivity contribution in [2.45, 2.75) is 32.2 Å². The minimum absolute atomic E-state index is 0.0516. The summed E-state index contributed by atoms with van der Waals surface area (Å²) in [6.45, 7) is 3.97. The summed E-state index contributed by atoms with van der Waals surface area (Å²) < 4.78 is 5.24. The molecule has 0 aliphatic carbocycles. The van der Waals surface area contributed by atoms with Gasteiger partial charge in [0.2, 0.25) is 0 Å². The Morgan fingerprint density at radius 1 is 1.56 bits per heavy atom. The second-order valence-electron chi connectivity index (χ2n) is 4.49. The average Bonchev–Trinajstić information content (AvgIpc) is 2.83. The Kier molecular flexibility index (Phi) is 6.29. The summed E-state index contributed by atoms with van der Waals surface area (Å²) in [5.41, 5.74) is 0.897. The van der Waals surface area contributed by atoms with Gasteiger partial charge in [0, 0.05) is 5.56 Å². The van der Waals surface area contributed by atoms with Crippen molar-refractivity contribution in [2.75, 3.05) is 18.6 Å². The molecule has 0 aromatic carbocycles. The smallest absolute Gasteiger partial charge is 0.287 e. The van der Waals surface area contributed by atoms with Crippen LogP contribution in [0.25, 0.3) is 0 Å². The standard InChI is InChI=1S/C13H21NO3S/c1-9(2)11-4-6-17-12(11)13(16)14-10(8-15)5-7-18-3/h4,6,9-10,15H,5,7-8H2,1-3H3,(H,14,16)/t10-/m1/s1. The summed E-state index contributed by atoms with van der Waals surface area (Å²) in [7, 11) is 0. The summed E-state index contributed by atoms with van der Waals surface area (Å²) in [6.07, 6.45) is 4.28. The van der Waals surface area contributed by atoms with E-state index >= 15 is 0 Å². The van der Waals surface area contributed by atoms with E-state index in [1.165, 1.54) is 6.26 Å². The van der Waals surface area contributed by atoms with E-state index in [2.05, 4.69) is 5.32 Å². The zero-order chi connectivity index (χ0) is 13.5. The molecule has 1 heterocycles. The zero-order valence-corrected chi connectivity index (χ0v) is 11.9. The van der Waals surface area contributed by atoms with Gasteiger partial charge >= 0.3 is 0 Å². The molecule has 1 aromatic rings. The Labute approximate surface area is 112 Å². The van der Waals surface area contributed by atoms with Gasteiger partial charge in [-0.1, -0.05) is 13.8 Å². The molecule has 2 N–H and O–H groups in total. The molecule has 0 aliphatic rings. The molecule has 0 fully saturated rings. The molecule has 0 saturated carbocycles. The van der Waals surface area contributed by atoms with Crippen LogP contribution in [0.4, 0.5) is 0 Å². The Hall–Kier alpha value is -0.940. The minimum Gasteiger partial charge on any atom is -0.459 e. The van der Waals surface area contributed by atoms with Gasteiger partial charge in [0.25, 0.3) is 5.91 Å². The third kappa shape index (κ3) is 4.07. The van der Waals surface area contributed by atoms with Crippen LogP contribution in [0.1, 0.15) is 42.3 Å². The van der Waals surface area contributed by atoms with Crippen molar-refractivity contribution in [1.82, 2.24) is 5.32 Å². The average molecular weight is 271 g/mol. The number of hydrogen-bond donors (Lipinski definition) is 2. The number of aliphatic hydroxyl groups is 1. The predicted octanol–water partition coefficient (Wildman–Crippen LogP) is 2.25. The molecule has 1 atom stereocenters. The highest BCUT2D eigenvalue weighted by molar-refractivity contribution is 7.98. The predicted molar refractivity (Wildman–Crippen MR) is 74.1 cm³/mol. The molecule has 4 nitrogen and oxygen atoms in total. The number of rotatable bonds is 7. The van der Waals surface area contributed by atoms with Crippen LogP contribution in [0.5, 0.6) is 0 Å². The van der Waals surface area contributed by atoms with Crippen LogP contribution in [-0.4, -0.2) is 35.7 Å². The van der Waals surface area contributed by atoms with Crippen molar-refractivity contribution in [1.29, 1.82) is 0 Å². The van der Waals surface area contributed by atoms with E-state index in [1.807, 2.05) is 26.2 Å². The molecule has 0 spiro atoms. The summed E-state index contributed by atoms with van der Waals surface area (Å²) >= 11 is 1.69. The van der Waals surface area contributed by atoms with E-state index in [0.29, 0.717) is 5.76 Å². The van der Waals surface area contributed by atoms with E-state index in [-0.39, 0.29) is 24.5 Å². The monoisotopic (exact) mass is 271 g/mol. The first-order valence-corrected chi connectivity index (χ1v) is 7.47. The van der Waals surface area contributed by atoms with Gasteiger partial charge in [-0.15, -0.1) is 0 Å². The lowest BCUT2D eigenvalue weighted by Gasteiger charge is -2.15. The van der Waals surface area contributed by atoms with Crippen LogP contribution < -0.4 is 5.32 Å². The van der Waals surface area contributed by atoms with E-state index in [1.54, 1.807) is 11.8 Å². The van der Waals surface area contributed by atoms with Gasteiger partial charge < -0.3 is 14.8 Å². The Morgan fingerprint density at radius 2 is 2.28 bits per heavy atom. The van der Waals surface area contributed by atoms with E-state index in [9.17, 15) is 9.90 Å². The van der Waals surface area contributed by atoms with Gasteiger partial charge in [-0.25, -0.2) is 0 Å². The molecule has 1 rings (SSSR count). The fourth-order valence-electron chi connectivity index (χ4n) is 1.68. The lowest BCUT2D eigenvalue weighted by Crippen LogP contribution is -2.38. The van der Waals surface area contributed by atoms with Crippen molar-refractivity contribution in [3.8, 4) is 0 Å². The van der Waals surface area contributed by atoms with Gasteiger partial charge in [0.15, 0.2) is 5.76 Å². The molecule has 0 radical (unpaired) electrons. The first-order chi connectivity index (χ1) is 8.60. The van der Waals surface area contributed by atoms with Crippen LogP contribution in [-0.2, 0) is 0 Å². The topological polar surface area (TPSA) is 62.5 Å². The number of hydrogen-bond acceptors (Lipinski definition) is 4. The van der Waals surface area contributed by atoms with Crippen LogP contribution in [0.15, 0.2) is 16.7 Å². The maximum atomic E-state index is 12.0. The summed E-state index contributed by atoms with van der Waals surface area (Å²) in [4.78, 5) is 12.0. The number of carbonyl (C=O) groups excluding carboxylic acids is 1. The number of nitrogens with one attached hydrogen (secondary N) is 1. The minimum atomic E-state index is -0.246. The van der Waals surface area contributed by atoms with Crippen LogP contribution in [0.3, 0.4) is 0 Å². The third-order valence-corrected chi connectivity index (χ3v) is 3.39. The highest BCUT2D eigenvalue weighted by Gasteiger charge is 2.20. The van der Waals surface area contributed by atoms with E-state index < -0.39 is 0 Å². The molecule has 102 valence electrons. The van der Waals surface area contributed by atoms with Gasteiger partial charge in [0.1, 0.15) is 0 Å². The molecule has 5 heteroatoms. The SMILES string of the molecule is CSCC[C@H](CO)NC(=O)c1occc1C(C)C. The van der Waals surface area contributed by atoms with Crippen LogP contribution >= 0.6 is 11.8 Å². The normalized spacial score (nSPS) is 12.7. The van der Waals surface area contributed by atoms with Gasteiger partial charge in [-0.3, -0.25) is 4.79 Å². The molecule has 0 saturated heterocycles. The summed E-state index contributed by atoms with van der Waals surface area (Å²) in [5, 5.41) is 12.0. The number of amides is 1. The summed E-state index contributed by atoms with van der Waals surface area (Å²) in [6, 6.07) is 1.60. The zero-order valence-electron chi connectivity index (χ0n) is 11.1. The van der Waals surface area contributed by atoms with Crippen molar-refractivity contribution >= 4 is 17.7 Å². The lowest BCUT2D eigenvalue weighted by atomic mass is 10.0. The molecule has 1 aromatic heterocycles. The largest absolute Gasteiger partial charge is 0.459 e. The van der Waals surface area contributed by atoms with Crippen molar-refractivity contribution in [3.63, 3.8) is 0 Å². The highest BCUT2D eigenvalue weighted by Crippen LogP contribution is 2.20. The van der Waals surface area contributed by atoms with Crippen LogP contribution in [0.2, 0.25) is 0 Å². The molecule has 0 bridgehead atoms. The quantitative estimate of drug-likeness (QED) is 0.798. The molecule has 1 amide bonds. The van der Waals surface area contributed by atoms with E-state index in [0.717, 1.165) is 17.7 Å². The van der Waals surface area contributed by atoms with Crippen molar-refractivity contribution in [2.24, 2.45) is 0 Å². The Morgan fingerprint density at radius 3 is 2.83 bits per heavy atom. The van der Waals surface area contributed by atoms with Crippen molar-refractivity contribution in [3.05, 3.63) is 23.7 Å². The second-order valence-corrected chi connectivity index (χ2v) is 5.48. The number of furan rings is 1. The first kappa shape index (κ1) is 15.1. The molecule has 18 heavy (non-hydrogen) atoms. The number of thioether (sulfide) groups is 1. The third-order valence-electron chi connectivity index (χ3n) is 2.75. The maximum absolute atomic E-state index is 12.0. The number of aliphatic hydroxyl groups excluding tert-OH is 1. The highest BCUT2D eigenvalue weighted by atomic mass is 32.2. The number of carbonyl (C=O) groups is 1. The molecular weight excluding hydrogens is 250 g/mol. The lowest BCUT2D eigenvalue weighted by molar-refractivity contribution is 0.0885. The molecule has 0 unspecified atom stereocenters.